The summed E-state index contributed by atoms with van der Waals surface area (Å²) in [6.45, 7) is 7.90. The van der Waals surface area contributed by atoms with E-state index in [1.165, 1.54) is 38.0 Å². The zero-order chi connectivity index (χ0) is 14.4. The van der Waals surface area contributed by atoms with Crippen LogP contribution in [-0.4, -0.2) is 38.2 Å². The predicted octanol–water partition coefficient (Wildman–Crippen LogP) is 3.28. The van der Waals surface area contributed by atoms with E-state index in [1.807, 2.05) is 6.07 Å². The van der Waals surface area contributed by atoms with Crippen LogP contribution < -0.4 is 10.1 Å². The highest BCUT2D eigenvalue weighted by Gasteiger charge is 2.16. The molecule has 0 aromatic heterocycles. The largest absolute Gasteiger partial charge is 0.496 e. The Balaban J connectivity index is 1.93. The number of hydrogen-bond acceptors (Lipinski definition) is 3. The van der Waals surface area contributed by atoms with Crippen molar-refractivity contribution >= 4 is 15.9 Å². The SMILES string of the molecule is CCN(Cc1ccc(OC)c(Br)c1)CC1CCCNC1. The number of methoxy groups -OCH3 is 1. The lowest BCUT2D eigenvalue weighted by Crippen LogP contribution is -2.38. The molecule has 0 amide bonds. The van der Waals surface area contributed by atoms with E-state index in [2.05, 4.69) is 45.2 Å². The first-order valence-corrected chi connectivity index (χ1v) is 8.27. The van der Waals surface area contributed by atoms with Crippen molar-refractivity contribution in [2.45, 2.75) is 26.3 Å². The fourth-order valence-electron chi connectivity index (χ4n) is 2.82. The van der Waals surface area contributed by atoms with Gasteiger partial charge in [-0.1, -0.05) is 13.0 Å². The average molecular weight is 341 g/mol. The molecule has 1 heterocycles. The summed E-state index contributed by atoms with van der Waals surface area (Å²) in [6.07, 6.45) is 2.67. The molecule has 0 bridgehead atoms. The second kappa shape index (κ2) is 8.01. The Morgan fingerprint density at radius 1 is 1.45 bits per heavy atom. The smallest absolute Gasteiger partial charge is 0.133 e. The van der Waals surface area contributed by atoms with Crippen molar-refractivity contribution in [2.24, 2.45) is 5.92 Å². The second-order valence-electron chi connectivity index (χ2n) is 5.51. The van der Waals surface area contributed by atoms with Crippen LogP contribution in [0.3, 0.4) is 0 Å². The van der Waals surface area contributed by atoms with Crippen molar-refractivity contribution in [1.29, 1.82) is 0 Å². The maximum Gasteiger partial charge on any atom is 0.133 e. The molecule has 1 fully saturated rings. The molecule has 0 spiro atoms. The summed E-state index contributed by atoms with van der Waals surface area (Å²) in [4.78, 5) is 2.53. The van der Waals surface area contributed by atoms with Gasteiger partial charge in [-0.05, 0) is 72.0 Å². The minimum atomic E-state index is 0.797. The van der Waals surface area contributed by atoms with Crippen LogP contribution in [-0.2, 0) is 6.54 Å². The highest BCUT2D eigenvalue weighted by atomic mass is 79.9. The first kappa shape index (κ1) is 15.8. The zero-order valence-corrected chi connectivity index (χ0v) is 14.1. The molecule has 1 aromatic rings. The van der Waals surface area contributed by atoms with Crippen LogP contribution in [0, 0.1) is 5.92 Å². The van der Waals surface area contributed by atoms with Gasteiger partial charge in [0.15, 0.2) is 0 Å². The summed E-state index contributed by atoms with van der Waals surface area (Å²) >= 11 is 3.56. The highest BCUT2D eigenvalue weighted by molar-refractivity contribution is 9.10. The predicted molar refractivity (Wildman–Crippen MR) is 87.2 cm³/mol. The van der Waals surface area contributed by atoms with E-state index in [9.17, 15) is 0 Å². The Kier molecular flexibility index (Phi) is 6.33. The summed E-state index contributed by atoms with van der Waals surface area (Å²) in [6, 6.07) is 6.36. The number of benzene rings is 1. The maximum absolute atomic E-state index is 5.28. The Hall–Kier alpha value is -0.580. The van der Waals surface area contributed by atoms with E-state index >= 15 is 0 Å². The summed E-state index contributed by atoms with van der Waals surface area (Å²) in [7, 11) is 1.70. The Morgan fingerprint density at radius 3 is 2.90 bits per heavy atom. The third-order valence-corrected chi connectivity index (χ3v) is 4.60. The van der Waals surface area contributed by atoms with Crippen molar-refractivity contribution in [2.75, 3.05) is 33.3 Å². The lowest BCUT2D eigenvalue weighted by atomic mass is 9.99. The molecular formula is C16H25BrN2O. The molecule has 3 nitrogen and oxygen atoms in total. The van der Waals surface area contributed by atoms with Gasteiger partial charge in [-0.2, -0.15) is 0 Å². The van der Waals surface area contributed by atoms with E-state index < -0.39 is 0 Å². The first-order valence-electron chi connectivity index (χ1n) is 7.48. The van der Waals surface area contributed by atoms with Crippen LogP contribution in [0.15, 0.2) is 22.7 Å². The van der Waals surface area contributed by atoms with Gasteiger partial charge in [0.1, 0.15) is 5.75 Å². The van der Waals surface area contributed by atoms with Gasteiger partial charge in [-0.25, -0.2) is 0 Å². The molecule has 112 valence electrons. The number of nitrogens with one attached hydrogen (secondary N) is 1. The molecule has 0 aliphatic carbocycles. The van der Waals surface area contributed by atoms with E-state index in [0.29, 0.717) is 0 Å². The Bertz CT molecular complexity index is 419. The van der Waals surface area contributed by atoms with Crippen molar-refractivity contribution < 1.29 is 4.74 Å². The van der Waals surface area contributed by atoms with E-state index in [-0.39, 0.29) is 0 Å². The molecule has 4 heteroatoms. The lowest BCUT2D eigenvalue weighted by Gasteiger charge is -2.29. The monoisotopic (exact) mass is 340 g/mol. The quantitative estimate of drug-likeness (QED) is 0.859. The normalized spacial score (nSPS) is 19.3. The molecule has 2 rings (SSSR count). The third-order valence-electron chi connectivity index (χ3n) is 3.98. The number of hydrogen-bond donors (Lipinski definition) is 1. The molecule has 0 radical (unpaired) electrons. The molecule has 1 atom stereocenters. The van der Waals surface area contributed by atoms with Gasteiger partial charge in [-0.15, -0.1) is 0 Å². The minimum absolute atomic E-state index is 0.797. The third kappa shape index (κ3) is 4.47. The highest BCUT2D eigenvalue weighted by Crippen LogP contribution is 2.26. The van der Waals surface area contributed by atoms with Gasteiger partial charge in [0.25, 0.3) is 0 Å². The summed E-state index contributed by atoms with van der Waals surface area (Å²) in [5.41, 5.74) is 1.34. The molecule has 1 aliphatic heterocycles. The topological polar surface area (TPSA) is 24.5 Å². The second-order valence-corrected chi connectivity index (χ2v) is 6.36. The van der Waals surface area contributed by atoms with E-state index in [0.717, 1.165) is 29.2 Å². The van der Waals surface area contributed by atoms with Crippen LogP contribution in [0.25, 0.3) is 0 Å². The van der Waals surface area contributed by atoms with E-state index in [4.69, 9.17) is 4.74 Å². The maximum atomic E-state index is 5.28. The Labute approximate surface area is 130 Å². The van der Waals surface area contributed by atoms with Gasteiger partial charge in [0.05, 0.1) is 11.6 Å². The number of nitrogens with zero attached hydrogens (tertiary/aromatic N) is 1. The standard InChI is InChI=1S/C16H25BrN2O/c1-3-19(12-14-5-4-8-18-10-14)11-13-6-7-16(20-2)15(17)9-13/h6-7,9,14,18H,3-5,8,10-12H2,1-2H3. The molecule has 1 N–H and O–H groups in total. The first-order chi connectivity index (χ1) is 9.72. The van der Waals surface area contributed by atoms with Crippen LogP contribution >= 0.6 is 15.9 Å². The molecule has 1 aliphatic rings. The van der Waals surface area contributed by atoms with Crippen LogP contribution in [0.5, 0.6) is 5.75 Å². The number of halogens is 1. The number of rotatable bonds is 6. The summed E-state index contributed by atoms with van der Waals surface area (Å²) < 4.78 is 6.32. The Morgan fingerprint density at radius 2 is 2.30 bits per heavy atom. The fraction of sp³-hybridized carbons (Fsp3) is 0.625. The number of ether oxygens (including phenoxy) is 1. The van der Waals surface area contributed by atoms with Crippen molar-refractivity contribution in [3.05, 3.63) is 28.2 Å². The molecule has 1 saturated heterocycles. The lowest BCUT2D eigenvalue weighted by molar-refractivity contribution is 0.209. The van der Waals surface area contributed by atoms with E-state index in [1.54, 1.807) is 7.11 Å². The molecule has 1 aromatic carbocycles. The average Bonchev–Trinajstić information content (AvgIpc) is 2.48. The van der Waals surface area contributed by atoms with Gasteiger partial charge >= 0.3 is 0 Å². The minimum Gasteiger partial charge on any atom is -0.496 e. The molecular weight excluding hydrogens is 316 g/mol. The van der Waals surface area contributed by atoms with Crippen molar-refractivity contribution in [1.82, 2.24) is 10.2 Å². The van der Waals surface area contributed by atoms with Crippen molar-refractivity contribution in [3.63, 3.8) is 0 Å². The molecule has 0 saturated carbocycles. The van der Waals surface area contributed by atoms with Gasteiger partial charge in [-0.3, -0.25) is 4.90 Å². The van der Waals surface area contributed by atoms with Gasteiger partial charge < -0.3 is 10.1 Å². The molecule has 1 unspecified atom stereocenters. The van der Waals surface area contributed by atoms with Crippen LogP contribution in [0.1, 0.15) is 25.3 Å². The zero-order valence-electron chi connectivity index (χ0n) is 12.5. The van der Waals surface area contributed by atoms with Gasteiger partial charge in [0.2, 0.25) is 0 Å². The van der Waals surface area contributed by atoms with Gasteiger partial charge in [0, 0.05) is 13.1 Å². The number of piperidine rings is 1. The van der Waals surface area contributed by atoms with Crippen LogP contribution in [0.2, 0.25) is 0 Å². The summed E-state index contributed by atoms with van der Waals surface area (Å²) in [5, 5.41) is 3.50. The molecule has 20 heavy (non-hydrogen) atoms. The van der Waals surface area contributed by atoms with Crippen molar-refractivity contribution in [3.8, 4) is 5.75 Å². The fourth-order valence-corrected chi connectivity index (χ4v) is 3.40. The summed E-state index contributed by atoms with van der Waals surface area (Å²) in [5.74, 6) is 1.69. The van der Waals surface area contributed by atoms with Crippen LogP contribution in [0.4, 0.5) is 0 Å².